The lowest BCUT2D eigenvalue weighted by atomic mass is 10.2. The monoisotopic (exact) mass is 369 g/mol. The minimum atomic E-state index is -0.951. The average Bonchev–Trinajstić information content (AvgIpc) is 2.72. The molecule has 0 saturated carbocycles. The van der Waals surface area contributed by atoms with Gasteiger partial charge in [0.15, 0.2) is 0 Å². The molecule has 0 radical (unpaired) electrons. The molecule has 1 aliphatic heterocycles. The van der Waals surface area contributed by atoms with E-state index in [-0.39, 0.29) is 0 Å². The van der Waals surface area contributed by atoms with E-state index in [2.05, 4.69) is 34.1 Å². The van der Waals surface area contributed by atoms with Gasteiger partial charge in [0.2, 0.25) is 0 Å². The van der Waals surface area contributed by atoms with Crippen LogP contribution in [0.3, 0.4) is 0 Å². The fraction of sp³-hybridized carbons (Fsp3) is 0.381. The van der Waals surface area contributed by atoms with Crippen LogP contribution in [0.25, 0.3) is 0 Å². The van der Waals surface area contributed by atoms with Gasteiger partial charge in [-0.2, -0.15) is 0 Å². The highest BCUT2D eigenvalue weighted by Gasteiger charge is 2.20. The van der Waals surface area contributed by atoms with E-state index in [1.807, 2.05) is 18.2 Å². The highest BCUT2D eigenvalue weighted by molar-refractivity contribution is 5.88. The number of hydrogen-bond donors (Lipinski definition) is 1. The topological polar surface area (TPSA) is 56.2 Å². The van der Waals surface area contributed by atoms with Gasteiger partial charge in [-0.05, 0) is 37.2 Å². The van der Waals surface area contributed by atoms with Gasteiger partial charge in [-0.15, -0.1) is 0 Å². The second-order valence-corrected chi connectivity index (χ2v) is 6.62. The summed E-state index contributed by atoms with van der Waals surface area (Å²) < 4.78 is 5.31. The fourth-order valence-corrected chi connectivity index (χ4v) is 3.49. The number of ether oxygens (including phenoxy) is 1. The molecule has 144 valence electrons. The molecular formula is C21H27N3O3. The summed E-state index contributed by atoms with van der Waals surface area (Å²) in [4.78, 5) is 17.9. The normalized spacial score (nSPS) is 14.8. The van der Waals surface area contributed by atoms with Crippen LogP contribution in [0.2, 0.25) is 0 Å². The molecule has 0 atom stereocenters. The van der Waals surface area contributed by atoms with E-state index in [1.165, 1.54) is 10.6 Å². The Bertz CT molecular complexity index is 730. The summed E-state index contributed by atoms with van der Waals surface area (Å²) in [5, 5.41) is 9.59. The van der Waals surface area contributed by atoms with Crippen LogP contribution in [0.5, 0.6) is 5.75 Å². The third kappa shape index (κ3) is 4.92. The molecule has 3 rings (SSSR count). The third-order valence-corrected chi connectivity index (χ3v) is 4.96. The SMILES string of the molecule is COc1ccccc1N(CCCN1CCN(c2ccccc2)CC1)C(=O)O. The number of nitrogens with zero attached hydrogens (tertiary/aromatic N) is 3. The van der Waals surface area contributed by atoms with Gasteiger partial charge in [-0.1, -0.05) is 30.3 Å². The van der Waals surface area contributed by atoms with Crippen molar-refractivity contribution < 1.29 is 14.6 Å². The van der Waals surface area contributed by atoms with Crippen LogP contribution in [0.4, 0.5) is 16.2 Å². The van der Waals surface area contributed by atoms with Crippen molar-refractivity contribution in [3.05, 3.63) is 54.6 Å². The number of para-hydroxylation sites is 3. The second-order valence-electron chi connectivity index (χ2n) is 6.62. The molecule has 0 aliphatic carbocycles. The highest BCUT2D eigenvalue weighted by atomic mass is 16.5. The van der Waals surface area contributed by atoms with E-state index >= 15 is 0 Å². The molecular weight excluding hydrogens is 342 g/mol. The Balaban J connectivity index is 1.49. The molecule has 2 aromatic rings. The first-order chi connectivity index (χ1) is 13.2. The Kier molecular flexibility index (Phi) is 6.54. The van der Waals surface area contributed by atoms with Crippen LogP contribution in [0.15, 0.2) is 54.6 Å². The summed E-state index contributed by atoms with van der Waals surface area (Å²) >= 11 is 0. The largest absolute Gasteiger partial charge is 0.495 e. The maximum atomic E-state index is 11.7. The van der Waals surface area contributed by atoms with Crippen molar-refractivity contribution in [1.29, 1.82) is 0 Å². The summed E-state index contributed by atoms with van der Waals surface area (Å²) in [6.45, 7) is 5.34. The lowest BCUT2D eigenvalue weighted by Crippen LogP contribution is -2.47. The molecule has 1 fully saturated rings. The van der Waals surface area contributed by atoms with E-state index in [0.717, 1.165) is 39.1 Å². The van der Waals surface area contributed by atoms with E-state index in [4.69, 9.17) is 4.74 Å². The molecule has 6 heteroatoms. The maximum Gasteiger partial charge on any atom is 0.411 e. The van der Waals surface area contributed by atoms with Gasteiger partial charge >= 0.3 is 6.09 Å². The Labute approximate surface area is 160 Å². The molecule has 1 N–H and O–H groups in total. The van der Waals surface area contributed by atoms with Crippen LogP contribution in [0, 0.1) is 0 Å². The molecule has 1 amide bonds. The van der Waals surface area contributed by atoms with Crippen molar-refractivity contribution in [1.82, 2.24) is 4.90 Å². The summed E-state index contributed by atoms with van der Waals surface area (Å²) in [7, 11) is 1.56. The quantitative estimate of drug-likeness (QED) is 0.811. The Morgan fingerprint density at radius 1 is 1.04 bits per heavy atom. The number of benzene rings is 2. The van der Waals surface area contributed by atoms with Crippen LogP contribution >= 0.6 is 0 Å². The smallest absolute Gasteiger partial charge is 0.411 e. The van der Waals surface area contributed by atoms with Crippen molar-refractivity contribution in [2.45, 2.75) is 6.42 Å². The number of carbonyl (C=O) groups is 1. The molecule has 0 aromatic heterocycles. The number of amides is 1. The van der Waals surface area contributed by atoms with Crippen molar-refractivity contribution in [2.75, 3.05) is 56.2 Å². The Hall–Kier alpha value is -2.73. The molecule has 1 aliphatic rings. The number of methoxy groups -OCH3 is 1. The molecule has 1 heterocycles. The first-order valence-corrected chi connectivity index (χ1v) is 9.35. The van der Waals surface area contributed by atoms with Crippen molar-refractivity contribution in [3.8, 4) is 5.75 Å². The predicted molar refractivity (Wildman–Crippen MR) is 108 cm³/mol. The van der Waals surface area contributed by atoms with Crippen molar-refractivity contribution in [2.24, 2.45) is 0 Å². The van der Waals surface area contributed by atoms with Gasteiger partial charge in [-0.3, -0.25) is 9.80 Å². The van der Waals surface area contributed by atoms with Crippen molar-refractivity contribution >= 4 is 17.5 Å². The number of piperazine rings is 1. The number of anilines is 2. The summed E-state index contributed by atoms with van der Waals surface area (Å²) in [6.07, 6.45) is -0.163. The molecule has 0 bridgehead atoms. The fourth-order valence-electron chi connectivity index (χ4n) is 3.49. The summed E-state index contributed by atoms with van der Waals surface area (Å²) in [5.74, 6) is 0.580. The zero-order valence-electron chi connectivity index (χ0n) is 15.8. The van der Waals surface area contributed by atoms with Crippen LogP contribution in [-0.2, 0) is 0 Å². The maximum absolute atomic E-state index is 11.7. The van der Waals surface area contributed by atoms with Gasteiger partial charge < -0.3 is 14.7 Å². The lowest BCUT2D eigenvalue weighted by Gasteiger charge is -2.36. The molecule has 6 nitrogen and oxygen atoms in total. The van der Waals surface area contributed by atoms with E-state index in [0.29, 0.717) is 18.0 Å². The standard InChI is InChI=1S/C21H27N3O3/c1-27-20-11-6-5-10-19(20)24(21(25)26)13-7-12-22-14-16-23(17-15-22)18-8-3-2-4-9-18/h2-6,8-11H,7,12-17H2,1H3,(H,25,26). The first-order valence-electron chi connectivity index (χ1n) is 9.35. The second kappa shape index (κ2) is 9.28. The first kappa shape index (κ1) is 19.0. The minimum absolute atomic E-state index is 0.453. The average molecular weight is 369 g/mol. The van der Waals surface area contributed by atoms with Crippen LogP contribution in [0.1, 0.15) is 6.42 Å². The highest BCUT2D eigenvalue weighted by Crippen LogP contribution is 2.28. The van der Waals surface area contributed by atoms with E-state index in [1.54, 1.807) is 19.2 Å². The molecule has 2 aromatic carbocycles. The summed E-state index contributed by atoms with van der Waals surface area (Å²) in [6, 6.07) is 17.7. The van der Waals surface area contributed by atoms with Gasteiger partial charge in [0.25, 0.3) is 0 Å². The Morgan fingerprint density at radius 3 is 2.37 bits per heavy atom. The minimum Gasteiger partial charge on any atom is -0.495 e. The van der Waals surface area contributed by atoms with Gasteiger partial charge in [0.1, 0.15) is 5.75 Å². The van der Waals surface area contributed by atoms with Gasteiger partial charge in [-0.25, -0.2) is 4.79 Å². The van der Waals surface area contributed by atoms with Crippen molar-refractivity contribution in [3.63, 3.8) is 0 Å². The number of rotatable bonds is 7. The lowest BCUT2D eigenvalue weighted by molar-refractivity contribution is 0.200. The predicted octanol–water partition coefficient (Wildman–Crippen LogP) is 3.39. The molecule has 27 heavy (non-hydrogen) atoms. The molecule has 0 unspecified atom stereocenters. The number of carboxylic acid groups (broad SMARTS) is 1. The van der Waals surface area contributed by atoms with E-state index in [9.17, 15) is 9.90 Å². The summed E-state index contributed by atoms with van der Waals surface area (Å²) in [5.41, 5.74) is 1.87. The third-order valence-electron chi connectivity index (χ3n) is 4.96. The van der Waals surface area contributed by atoms with E-state index < -0.39 is 6.09 Å². The molecule has 1 saturated heterocycles. The van der Waals surface area contributed by atoms with Crippen LogP contribution in [-0.4, -0.2) is 62.5 Å². The number of hydrogen-bond acceptors (Lipinski definition) is 4. The zero-order valence-corrected chi connectivity index (χ0v) is 15.8. The van der Waals surface area contributed by atoms with Gasteiger partial charge in [0.05, 0.1) is 12.8 Å². The van der Waals surface area contributed by atoms with Gasteiger partial charge in [0, 0.05) is 38.4 Å². The Morgan fingerprint density at radius 2 is 1.70 bits per heavy atom. The molecule has 0 spiro atoms. The zero-order chi connectivity index (χ0) is 19.1. The van der Waals surface area contributed by atoms with Crippen LogP contribution < -0.4 is 14.5 Å².